The molecule has 1 aromatic carbocycles. The maximum atomic E-state index is 12.4. The van der Waals surface area contributed by atoms with Crippen molar-refractivity contribution in [3.8, 4) is 0 Å². The molecule has 0 aliphatic carbocycles. The number of benzene rings is 1. The molecule has 1 aliphatic heterocycles. The highest BCUT2D eigenvalue weighted by Crippen LogP contribution is 2.14. The maximum absolute atomic E-state index is 12.4. The lowest BCUT2D eigenvalue weighted by Crippen LogP contribution is -2.48. The van der Waals surface area contributed by atoms with Crippen LogP contribution in [0.2, 0.25) is 0 Å². The number of anilines is 1. The summed E-state index contributed by atoms with van der Waals surface area (Å²) in [6, 6.07) is 10.0. The molecule has 0 radical (unpaired) electrons. The molecule has 0 saturated carbocycles. The molecule has 2 aromatic heterocycles. The van der Waals surface area contributed by atoms with Crippen LogP contribution in [-0.2, 0) is 6.54 Å². The minimum absolute atomic E-state index is 0.0584. The summed E-state index contributed by atoms with van der Waals surface area (Å²) in [4.78, 5) is 31.9. The van der Waals surface area contributed by atoms with Gasteiger partial charge in [-0.3, -0.25) is 14.1 Å². The number of piperidine rings is 1. The van der Waals surface area contributed by atoms with Gasteiger partial charge in [0, 0.05) is 30.7 Å². The lowest BCUT2D eigenvalue weighted by Gasteiger charge is -2.33. The molecular formula is C19H21N5O2S. The number of nitrogens with one attached hydrogen (secondary N) is 2. The maximum Gasteiger partial charge on any atom is 0.319 e. The van der Waals surface area contributed by atoms with Gasteiger partial charge in [-0.2, -0.15) is 0 Å². The van der Waals surface area contributed by atoms with Crippen LogP contribution in [-0.4, -0.2) is 39.4 Å². The van der Waals surface area contributed by atoms with Crippen LogP contribution >= 0.6 is 11.3 Å². The normalized spacial score (nSPS) is 17.7. The molecule has 1 atom stereocenters. The number of amides is 2. The van der Waals surface area contributed by atoms with Gasteiger partial charge in [-0.1, -0.05) is 30.3 Å². The predicted octanol–water partition coefficient (Wildman–Crippen LogP) is 2.54. The number of thiazole rings is 1. The van der Waals surface area contributed by atoms with Crippen molar-refractivity contribution in [2.75, 3.05) is 18.4 Å². The van der Waals surface area contributed by atoms with Crippen LogP contribution in [0.25, 0.3) is 4.96 Å². The fourth-order valence-corrected chi connectivity index (χ4v) is 4.09. The number of rotatable bonds is 4. The van der Waals surface area contributed by atoms with E-state index in [1.54, 1.807) is 11.6 Å². The van der Waals surface area contributed by atoms with E-state index in [-0.39, 0.29) is 23.3 Å². The van der Waals surface area contributed by atoms with Crippen molar-refractivity contribution in [1.82, 2.24) is 19.6 Å². The number of hydrogen-bond acceptors (Lipinski definition) is 5. The Morgan fingerprint density at radius 2 is 2.15 bits per heavy atom. The second-order valence-corrected chi connectivity index (χ2v) is 7.56. The largest absolute Gasteiger partial charge is 0.334 e. The Morgan fingerprint density at radius 1 is 1.30 bits per heavy atom. The van der Waals surface area contributed by atoms with E-state index in [1.165, 1.54) is 27.5 Å². The first kappa shape index (κ1) is 17.7. The van der Waals surface area contributed by atoms with Crippen LogP contribution in [0, 0.1) is 0 Å². The van der Waals surface area contributed by atoms with Crippen molar-refractivity contribution >= 4 is 28.0 Å². The first-order valence-electron chi connectivity index (χ1n) is 8.98. The molecule has 0 bridgehead atoms. The van der Waals surface area contributed by atoms with Gasteiger partial charge in [0.1, 0.15) is 5.69 Å². The van der Waals surface area contributed by atoms with E-state index < -0.39 is 0 Å². The van der Waals surface area contributed by atoms with Gasteiger partial charge in [-0.15, -0.1) is 11.3 Å². The van der Waals surface area contributed by atoms with Gasteiger partial charge in [0.05, 0.1) is 6.20 Å². The lowest BCUT2D eigenvalue weighted by molar-refractivity contribution is 0.183. The third kappa shape index (κ3) is 4.17. The molecule has 3 aromatic rings. The van der Waals surface area contributed by atoms with Crippen LogP contribution in [0.5, 0.6) is 0 Å². The fraction of sp³-hybridized carbons (Fsp3) is 0.316. The summed E-state index contributed by atoms with van der Waals surface area (Å²) in [6.07, 6.45) is 5.03. The summed E-state index contributed by atoms with van der Waals surface area (Å²) in [5, 5.41) is 7.42. The molecule has 2 N–H and O–H groups in total. The van der Waals surface area contributed by atoms with E-state index in [0.717, 1.165) is 32.5 Å². The highest BCUT2D eigenvalue weighted by atomic mass is 32.1. The van der Waals surface area contributed by atoms with Crippen molar-refractivity contribution in [2.45, 2.75) is 25.4 Å². The zero-order valence-corrected chi connectivity index (χ0v) is 15.6. The Hall–Kier alpha value is -2.71. The second-order valence-electron chi connectivity index (χ2n) is 6.69. The molecule has 1 saturated heterocycles. The van der Waals surface area contributed by atoms with E-state index in [2.05, 4.69) is 32.7 Å². The van der Waals surface area contributed by atoms with E-state index in [1.807, 2.05) is 18.2 Å². The fourth-order valence-electron chi connectivity index (χ4n) is 3.41. The SMILES string of the molecule is O=C(Nc1cnc2sccn2c1=O)N[C@H]1CCCN(Cc2ccccc2)C1. The Bertz CT molecular complexity index is 984. The van der Waals surface area contributed by atoms with Crippen molar-refractivity contribution in [2.24, 2.45) is 0 Å². The van der Waals surface area contributed by atoms with Gasteiger partial charge in [0.2, 0.25) is 0 Å². The third-order valence-corrected chi connectivity index (χ3v) is 5.45. The van der Waals surface area contributed by atoms with Crippen molar-refractivity contribution in [1.29, 1.82) is 0 Å². The number of urea groups is 1. The molecule has 0 spiro atoms. The van der Waals surface area contributed by atoms with Crippen molar-refractivity contribution in [3.63, 3.8) is 0 Å². The molecule has 0 unspecified atom stereocenters. The highest BCUT2D eigenvalue weighted by molar-refractivity contribution is 7.15. The summed E-state index contributed by atoms with van der Waals surface area (Å²) >= 11 is 1.38. The third-order valence-electron chi connectivity index (χ3n) is 4.68. The van der Waals surface area contributed by atoms with Crippen LogP contribution in [0.3, 0.4) is 0 Å². The topological polar surface area (TPSA) is 78.7 Å². The number of carbonyl (C=O) groups is 1. The summed E-state index contributed by atoms with van der Waals surface area (Å²) in [5.41, 5.74) is 1.18. The van der Waals surface area contributed by atoms with Gasteiger partial charge >= 0.3 is 6.03 Å². The van der Waals surface area contributed by atoms with E-state index in [0.29, 0.717) is 4.96 Å². The molecule has 2 amide bonds. The lowest BCUT2D eigenvalue weighted by atomic mass is 10.0. The smallest absolute Gasteiger partial charge is 0.319 e. The number of aromatic nitrogens is 2. The quantitative estimate of drug-likeness (QED) is 0.726. The van der Waals surface area contributed by atoms with Crippen molar-refractivity contribution < 1.29 is 4.79 Å². The second kappa shape index (κ2) is 7.89. The zero-order valence-electron chi connectivity index (χ0n) is 14.8. The molecule has 1 aliphatic rings. The van der Waals surface area contributed by atoms with Gasteiger partial charge in [0.25, 0.3) is 5.56 Å². The van der Waals surface area contributed by atoms with E-state index >= 15 is 0 Å². The van der Waals surface area contributed by atoms with Gasteiger partial charge < -0.3 is 10.6 Å². The summed E-state index contributed by atoms with van der Waals surface area (Å²) in [5.74, 6) is 0. The number of likely N-dealkylation sites (tertiary alicyclic amines) is 1. The first-order valence-corrected chi connectivity index (χ1v) is 9.86. The minimum atomic E-state index is -0.365. The summed E-state index contributed by atoms with van der Waals surface area (Å²) < 4.78 is 1.43. The van der Waals surface area contributed by atoms with Crippen LogP contribution in [0.15, 0.2) is 52.9 Å². The molecular weight excluding hydrogens is 362 g/mol. The Morgan fingerprint density at radius 3 is 3.00 bits per heavy atom. The minimum Gasteiger partial charge on any atom is -0.334 e. The van der Waals surface area contributed by atoms with Crippen molar-refractivity contribution in [3.05, 3.63) is 64.0 Å². The Labute approximate surface area is 160 Å². The molecule has 4 rings (SSSR count). The van der Waals surface area contributed by atoms with Gasteiger partial charge in [-0.05, 0) is 24.9 Å². The molecule has 140 valence electrons. The predicted molar refractivity (Wildman–Crippen MR) is 106 cm³/mol. The summed E-state index contributed by atoms with van der Waals surface area (Å²) in [6.45, 7) is 2.69. The molecule has 27 heavy (non-hydrogen) atoms. The monoisotopic (exact) mass is 383 g/mol. The highest BCUT2D eigenvalue weighted by Gasteiger charge is 2.22. The van der Waals surface area contributed by atoms with Crippen LogP contribution in [0.4, 0.5) is 10.5 Å². The van der Waals surface area contributed by atoms with E-state index in [4.69, 9.17) is 0 Å². The molecule has 7 nitrogen and oxygen atoms in total. The van der Waals surface area contributed by atoms with Gasteiger partial charge in [-0.25, -0.2) is 9.78 Å². The number of nitrogens with zero attached hydrogens (tertiary/aromatic N) is 3. The molecule has 8 heteroatoms. The average Bonchev–Trinajstić information content (AvgIpc) is 3.15. The number of fused-ring (bicyclic) bond motifs is 1. The first-order chi connectivity index (χ1) is 13.2. The Balaban J connectivity index is 1.35. The Kier molecular flexibility index (Phi) is 5.17. The summed E-state index contributed by atoms with van der Waals surface area (Å²) in [7, 11) is 0. The standard InChI is InChI=1S/C19H21N5O2S/c25-17-16(11-20-19-24(17)9-10-27-19)22-18(26)21-15-7-4-8-23(13-15)12-14-5-2-1-3-6-14/h1-3,5-6,9-11,15H,4,7-8,12-13H2,(H2,21,22,26)/t15-/m0/s1. The number of hydrogen-bond donors (Lipinski definition) is 2. The van der Waals surface area contributed by atoms with Crippen LogP contribution < -0.4 is 16.2 Å². The average molecular weight is 383 g/mol. The van der Waals surface area contributed by atoms with E-state index in [9.17, 15) is 9.59 Å². The zero-order chi connectivity index (χ0) is 18.6. The molecule has 1 fully saturated rings. The van der Waals surface area contributed by atoms with Crippen LogP contribution in [0.1, 0.15) is 18.4 Å². The van der Waals surface area contributed by atoms with Gasteiger partial charge in [0.15, 0.2) is 4.96 Å². The number of carbonyl (C=O) groups excluding carboxylic acids is 1. The molecule has 3 heterocycles.